The average molecular weight is 413 g/mol. The van der Waals surface area contributed by atoms with Gasteiger partial charge in [-0.05, 0) is 49.9 Å². The highest BCUT2D eigenvalue weighted by Gasteiger charge is 2.33. The van der Waals surface area contributed by atoms with Crippen molar-refractivity contribution in [3.05, 3.63) is 59.1 Å². The molecular weight excluding hydrogens is 388 g/mol. The number of carbonyl (C=O) groups is 2. The third kappa shape index (κ3) is 4.10. The molecule has 2 aliphatic rings. The van der Waals surface area contributed by atoms with Crippen LogP contribution in [0.1, 0.15) is 31.7 Å². The van der Waals surface area contributed by atoms with Crippen molar-refractivity contribution in [2.45, 2.75) is 44.8 Å². The maximum atomic E-state index is 13.0. The highest BCUT2D eigenvalue weighted by molar-refractivity contribution is 6.31. The minimum atomic E-state index is -0.542. The fourth-order valence-electron chi connectivity index (χ4n) is 4.23. The molecule has 2 aromatic rings. The van der Waals surface area contributed by atoms with Crippen molar-refractivity contribution >= 4 is 29.1 Å². The van der Waals surface area contributed by atoms with Crippen LogP contribution in [0.15, 0.2) is 48.5 Å². The van der Waals surface area contributed by atoms with E-state index in [0.717, 1.165) is 42.1 Å². The number of carbonyl (C=O) groups excluding carboxylic acids is 2. The van der Waals surface area contributed by atoms with E-state index in [2.05, 4.69) is 0 Å². The Balaban J connectivity index is 1.43. The van der Waals surface area contributed by atoms with Crippen LogP contribution in [0.5, 0.6) is 5.75 Å². The molecule has 2 aromatic carbocycles. The minimum absolute atomic E-state index is 0.0870. The van der Waals surface area contributed by atoms with Gasteiger partial charge in [-0.1, -0.05) is 41.9 Å². The van der Waals surface area contributed by atoms with Crippen LogP contribution in [0, 0.1) is 0 Å². The highest BCUT2D eigenvalue weighted by Crippen LogP contribution is 2.34. The molecule has 2 heterocycles. The largest absolute Gasteiger partial charge is 0.479 e. The molecule has 0 aliphatic carbocycles. The molecule has 0 radical (unpaired) electrons. The van der Waals surface area contributed by atoms with Crippen LogP contribution >= 0.6 is 11.6 Å². The Hall–Kier alpha value is -2.53. The smallest absolute Gasteiger partial charge is 0.267 e. The Morgan fingerprint density at radius 1 is 1.17 bits per heavy atom. The van der Waals surface area contributed by atoms with Gasteiger partial charge in [0.1, 0.15) is 5.75 Å². The zero-order chi connectivity index (χ0) is 20.4. The van der Waals surface area contributed by atoms with Gasteiger partial charge in [0.15, 0.2) is 6.10 Å². The number of likely N-dealkylation sites (tertiary alicyclic amines) is 1. The molecule has 0 spiro atoms. The number of anilines is 1. The topological polar surface area (TPSA) is 49.9 Å². The van der Waals surface area contributed by atoms with E-state index >= 15 is 0 Å². The number of hydrogen-bond acceptors (Lipinski definition) is 3. The maximum Gasteiger partial charge on any atom is 0.267 e. The summed E-state index contributed by atoms with van der Waals surface area (Å²) in [6, 6.07) is 15.4. The number of ether oxygens (including phenoxy) is 1. The minimum Gasteiger partial charge on any atom is -0.479 e. The number of halogens is 1. The van der Waals surface area contributed by atoms with Gasteiger partial charge in [-0.15, -0.1) is 0 Å². The second-order valence-corrected chi connectivity index (χ2v) is 8.05. The summed E-state index contributed by atoms with van der Waals surface area (Å²) < 4.78 is 5.68. The van der Waals surface area contributed by atoms with E-state index in [0.29, 0.717) is 18.7 Å². The van der Waals surface area contributed by atoms with E-state index in [-0.39, 0.29) is 17.9 Å². The summed E-state index contributed by atoms with van der Waals surface area (Å²) in [6.07, 6.45) is 2.50. The van der Waals surface area contributed by atoms with Crippen LogP contribution in [0.2, 0.25) is 5.02 Å². The lowest BCUT2D eigenvalue weighted by molar-refractivity contribution is -0.132. The highest BCUT2D eigenvalue weighted by atomic mass is 35.5. The van der Waals surface area contributed by atoms with Gasteiger partial charge in [0, 0.05) is 30.6 Å². The van der Waals surface area contributed by atoms with Gasteiger partial charge >= 0.3 is 0 Å². The molecule has 0 bridgehead atoms. The third-order valence-corrected chi connectivity index (χ3v) is 6.10. The molecule has 2 aliphatic heterocycles. The first-order valence-corrected chi connectivity index (χ1v) is 10.5. The van der Waals surface area contributed by atoms with Crippen LogP contribution in [0.4, 0.5) is 5.69 Å². The molecule has 2 amide bonds. The van der Waals surface area contributed by atoms with Crippen LogP contribution in [0.3, 0.4) is 0 Å². The summed E-state index contributed by atoms with van der Waals surface area (Å²) in [6.45, 7) is 2.86. The summed E-state index contributed by atoms with van der Waals surface area (Å²) in [4.78, 5) is 29.3. The molecule has 2 unspecified atom stereocenters. The molecular formula is C23H25ClN2O3. The van der Waals surface area contributed by atoms with E-state index in [1.165, 1.54) is 0 Å². The molecule has 5 nitrogen and oxygen atoms in total. The lowest BCUT2D eigenvalue weighted by Gasteiger charge is -2.33. The molecule has 0 aromatic heterocycles. The fraction of sp³-hybridized carbons (Fsp3) is 0.391. The molecule has 152 valence electrons. The lowest BCUT2D eigenvalue weighted by Crippen LogP contribution is -2.46. The van der Waals surface area contributed by atoms with E-state index in [1.54, 1.807) is 11.8 Å². The Morgan fingerprint density at radius 2 is 1.93 bits per heavy atom. The van der Waals surface area contributed by atoms with Crippen molar-refractivity contribution < 1.29 is 14.3 Å². The number of para-hydroxylation sites is 2. The molecule has 0 saturated carbocycles. The van der Waals surface area contributed by atoms with Crippen molar-refractivity contribution in [1.82, 2.24) is 4.90 Å². The van der Waals surface area contributed by atoms with Gasteiger partial charge in [-0.3, -0.25) is 9.59 Å². The quantitative estimate of drug-likeness (QED) is 0.743. The first kappa shape index (κ1) is 19.8. The molecule has 6 heteroatoms. The summed E-state index contributed by atoms with van der Waals surface area (Å²) in [7, 11) is 0. The van der Waals surface area contributed by atoms with Gasteiger partial charge in [-0.2, -0.15) is 0 Å². The van der Waals surface area contributed by atoms with E-state index in [9.17, 15) is 9.59 Å². The standard InChI is InChI=1S/C23H25ClN2O3/c1-16-23(28)26(20-10-4-5-11-21(20)29-16)14-12-22(27)25-13-6-8-18(25)15-17-7-2-3-9-19(17)24/h2-5,7,9-11,16,18H,6,8,12-15H2,1H3. The number of rotatable bonds is 5. The van der Waals surface area contributed by atoms with Crippen molar-refractivity contribution in [2.24, 2.45) is 0 Å². The summed E-state index contributed by atoms with van der Waals surface area (Å²) >= 11 is 6.31. The number of hydrogen-bond donors (Lipinski definition) is 0. The van der Waals surface area contributed by atoms with E-state index in [1.807, 2.05) is 53.4 Å². The van der Waals surface area contributed by atoms with Crippen LogP contribution in [-0.2, 0) is 16.0 Å². The first-order chi connectivity index (χ1) is 14.0. The number of benzene rings is 2. The SMILES string of the molecule is CC1Oc2ccccc2N(CCC(=O)N2CCCC2Cc2ccccc2Cl)C1=O. The van der Waals surface area contributed by atoms with Crippen molar-refractivity contribution in [1.29, 1.82) is 0 Å². The Morgan fingerprint density at radius 3 is 2.76 bits per heavy atom. The van der Waals surface area contributed by atoms with Crippen molar-refractivity contribution in [3.8, 4) is 5.75 Å². The molecule has 1 fully saturated rings. The van der Waals surface area contributed by atoms with E-state index in [4.69, 9.17) is 16.3 Å². The Labute approximate surface area is 176 Å². The number of nitrogens with zero attached hydrogens (tertiary/aromatic N) is 2. The lowest BCUT2D eigenvalue weighted by atomic mass is 10.0. The zero-order valence-electron chi connectivity index (χ0n) is 16.5. The van der Waals surface area contributed by atoms with Crippen molar-refractivity contribution in [3.63, 3.8) is 0 Å². The van der Waals surface area contributed by atoms with Gasteiger partial charge in [0.2, 0.25) is 5.91 Å². The van der Waals surface area contributed by atoms with Gasteiger partial charge in [0.25, 0.3) is 5.91 Å². The average Bonchev–Trinajstić information content (AvgIpc) is 3.18. The summed E-state index contributed by atoms with van der Waals surface area (Å²) in [5, 5.41) is 0.747. The monoisotopic (exact) mass is 412 g/mol. The second-order valence-electron chi connectivity index (χ2n) is 7.65. The van der Waals surface area contributed by atoms with Gasteiger partial charge < -0.3 is 14.5 Å². The van der Waals surface area contributed by atoms with Gasteiger partial charge in [-0.25, -0.2) is 0 Å². The van der Waals surface area contributed by atoms with Crippen LogP contribution in [0.25, 0.3) is 0 Å². The second kappa shape index (κ2) is 8.46. The summed E-state index contributed by atoms with van der Waals surface area (Å²) in [5.74, 6) is 0.666. The normalized spacial score (nSPS) is 21.1. The summed E-state index contributed by atoms with van der Waals surface area (Å²) in [5.41, 5.74) is 1.81. The number of amides is 2. The molecule has 1 saturated heterocycles. The molecule has 4 rings (SSSR count). The molecule has 2 atom stereocenters. The van der Waals surface area contributed by atoms with Crippen molar-refractivity contribution in [2.75, 3.05) is 18.0 Å². The molecule has 29 heavy (non-hydrogen) atoms. The molecule has 0 N–H and O–H groups in total. The van der Waals surface area contributed by atoms with E-state index < -0.39 is 6.10 Å². The van der Waals surface area contributed by atoms with Crippen LogP contribution < -0.4 is 9.64 Å². The van der Waals surface area contributed by atoms with Crippen LogP contribution in [-0.4, -0.2) is 41.9 Å². The fourth-order valence-corrected chi connectivity index (χ4v) is 4.45. The Kier molecular flexibility index (Phi) is 5.76. The zero-order valence-corrected chi connectivity index (χ0v) is 17.3. The Bertz CT molecular complexity index is 917. The predicted octanol–water partition coefficient (Wildman–Crippen LogP) is 4.08. The third-order valence-electron chi connectivity index (χ3n) is 5.73. The first-order valence-electron chi connectivity index (χ1n) is 10.1. The van der Waals surface area contributed by atoms with Gasteiger partial charge in [0.05, 0.1) is 5.69 Å². The predicted molar refractivity (Wildman–Crippen MR) is 113 cm³/mol. The maximum absolute atomic E-state index is 13.0. The number of fused-ring (bicyclic) bond motifs is 1.